The number of hydrogen-bond donors (Lipinski definition) is 1. The first-order chi connectivity index (χ1) is 16.5. The minimum atomic E-state index is -0.889. The largest absolute Gasteiger partial charge is 0.450 e. The van der Waals surface area contributed by atoms with E-state index in [1.165, 1.54) is 5.56 Å². The fraction of sp³-hybridized carbons (Fsp3) is 0.0769. The second kappa shape index (κ2) is 8.92. The molecular formula is C26H18N2O5S. The zero-order valence-corrected chi connectivity index (χ0v) is 18.8. The van der Waals surface area contributed by atoms with Crippen LogP contribution in [0.15, 0.2) is 82.0 Å². The molecule has 3 aromatic carbocycles. The number of esters is 1. The quantitative estimate of drug-likeness (QED) is 0.356. The smallest absolute Gasteiger partial charge is 0.374 e. The summed E-state index contributed by atoms with van der Waals surface area (Å²) in [6.07, 6.45) is 0. The maximum Gasteiger partial charge on any atom is 0.374 e. The van der Waals surface area contributed by atoms with Crippen LogP contribution in [-0.4, -0.2) is 23.5 Å². The van der Waals surface area contributed by atoms with Crippen molar-refractivity contribution in [3.63, 3.8) is 0 Å². The number of anilines is 1. The van der Waals surface area contributed by atoms with E-state index >= 15 is 0 Å². The highest BCUT2D eigenvalue weighted by Gasteiger charge is 2.15. The van der Waals surface area contributed by atoms with Crippen LogP contribution in [0.3, 0.4) is 0 Å². The van der Waals surface area contributed by atoms with Gasteiger partial charge in [-0.25, -0.2) is 9.78 Å². The van der Waals surface area contributed by atoms with Crippen molar-refractivity contribution in [2.24, 2.45) is 0 Å². The number of carbonyl (C=O) groups is 2. The highest BCUT2D eigenvalue weighted by molar-refractivity contribution is 7.21. The molecule has 0 aliphatic rings. The maximum absolute atomic E-state index is 12.3. The number of amides is 1. The lowest BCUT2D eigenvalue weighted by atomic mass is 10.2. The average Bonchev–Trinajstić information content (AvgIpc) is 3.26. The van der Waals surface area contributed by atoms with Crippen LogP contribution in [-0.2, 0) is 9.53 Å². The third-order valence-corrected chi connectivity index (χ3v) is 6.20. The van der Waals surface area contributed by atoms with Gasteiger partial charge in [0.05, 0.1) is 15.6 Å². The first-order valence-corrected chi connectivity index (χ1v) is 11.3. The molecule has 5 aromatic rings. The number of fused-ring (bicyclic) bond motifs is 2. The molecule has 7 nitrogen and oxygen atoms in total. The van der Waals surface area contributed by atoms with Gasteiger partial charge in [-0.15, -0.1) is 11.3 Å². The van der Waals surface area contributed by atoms with E-state index in [2.05, 4.69) is 16.4 Å². The van der Waals surface area contributed by atoms with Gasteiger partial charge >= 0.3 is 5.97 Å². The molecule has 2 aromatic heterocycles. The summed E-state index contributed by atoms with van der Waals surface area (Å²) in [5.74, 6) is -1.66. The number of hydrogen-bond acceptors (Lipinski definition) is 7. The molecule has 8 heteroatoms. The zero-order chi connectivity index (χ0) is 23.7. The molecule has 0 saturated heterocycles. The number of benzene rings is 3. The first-order valence-electron chi connectivity index (χ1n) is 10.4. The van der Waals surface area contributed by atoms with Crippen molar-refractivity contribution >= 4 is 50.1 Å². The fourth-order valence-corrected chi connectivity index (χ4v) is 4.52. The van der Waals surface area contributed by atoms with Gasteiger partial charge in [-0.05, 0) is 61.0 Å². The van der Waals surface area contributed by atoms with Crippen molar-refractivity contribution in [2.75, 3.05) is 11.9 Å². The first kappa shape index (κ1) is 21.5. The second-order valence-corrected chi connectivity index (χ2v) is 8.69. The molecule has 5 rings (SSSR count). The van der Waals surface area contributed by atoms with Crippen molar-refractivity contribution in [1.82, 2.24) is 4.98 Å². The van der Waals surface area contributed by atoms with Crippen LogP contribution in [0.25, 0.3) is 31.8 Å². The van der Waals surface area contributed by atoms with Gasteiger partial charge < -0.3 is 14.5 Å². The summed E-state index contributed by atoms with van der Waals surface area (Å²) in [5, 5.41) is 3.93. The third kappa shape index (κ3) is 4.44. The molecule has 1 amide bonds. The minimum Gasteiger partial charge on any atom is -0.450 e. The molecule has 0 saturated carbocycles. The number of thiazole rings is 1. The SMILES string of the molecule is Cc1ccc2nc(-c3ccc(NC(=O)COC(=O)c4cc(=O)c5ccccc5o4)cc3)sc2c1. The summed E-state index contributed by atoms with van der Waals surface area (Å²) in [5.41, 5.74) is 3.54. The van der Waals surface area contributed by atoms with Crippen molar-refractivity contribution < 1.29 is 18.7 Å². The van der Waals surface area contributed by atoms with E-state index in [-0.39, 0.29) is 16.8 Å². The Hall–Kier alpha value is -4.30. The molecule has 0 radical (unpaired) electrons. The highest BCUT2D eigenvalue weighted by atomic mass is 32.1. The van der Waals surface area contributed by atoms with Gasteiger partial charge in [0.2, 0.25) is 5.76 Å². The molecule has 0 atom stereocenters. The molecule has 0 aliphatic carbocycles. The van der Waals surface area contributed by atoms with Crippen LogP contribution in [0, 0.1) is 6.92 Å². The molecule has 0 spiro atoms. The molecule has 0 aliphatic heterocycles. The summed E-state index contributed by atoms with van der Waals surface area (Å²) >= 11 is 1.61. The number of aromatic nitrogens is 1. The zero-order valence-electron chi connectivity index (χ0n) is 18.0. The van der Waals surface area contributed by atoms with Crippen molar-refractivity contribution in [3.8, 4) is 10.6 Å². The lowest BCUT2D eigenvalue weighted by Gasteiger charge is -2.07. The average molecular weight is 471 g/mol. The summed E-state index contributed by atoms with van der Waals surface area (Å²) in [4.78, 5) is 41.3. The number of para-hydroxylation sites is 1. The van der Waals surface area contributed by atoms with Crippen molar-refractivity contribution in [3.05, 3.63) is 94.3 Å². The van der Waals surface area contributed by atoms with Crippen molar-refractivity contribution in [1.29, 1.82) is 0 Å². The van der Waals surface area contributed by atoms with E-state index in [1.807, 2.05) is 31.2 Å². The number of aryl methyl sites for hydroxylation is 1. The Labute approximate surface area is 197 Å². The molecule has 2 heterocycles. The van der Waals surface area contributed by atoms with Crippen molar-refractivity contribution in [2.45, 2.75) is 6.92 Å². The van der Waals surface area contributed by atoms with Gasteiger partial charge in [0, 0.05) is 17.3 Å². The van der Waals surface area contributed by atoms with Crippen LogP contribution in [0.2, 0.25) is 0 Å². The monoisotopic (exact) mass is 470 g/mol. The lowest BCUT2D eigenvalue weighted by molar-refractivity contribution is -0.119. The Bertz CT molecular complexity index is 1600. The van der Waals surface area contributed by atoms with Gasteiger partial charge in [-0.2, -0.15) is 0 Å². The minimum absolute atomic E-state index is 0.258. The Balaban J connectivity index is 1.21. The number of ether oxygens (including phenoxy) is 1. The van der Waals surface area contributed by atoms with Crippen LogP contribution in [0.4, 0.5) is 5.69 Å². The molecule has 0 fully saturated rings. The molecule has 0 unspecified atom stereocenters. The third-order valence-electron chi connectivity index (χ3n) is 5.13. The highest BCUT2D eigenvalue weighted by Crippen LogP contribution is 2.31. The van der Waals surface area contributed by atoms with E-state index in [0.29, 0.717) is 11.1 Å². The topological polar surface area (TPSA) is 98.5 Å². The predicted molar refractivity (Wildman–Crippen MR) is 131 cm³/mol. The van der Waals surface area contributed by atoms with E-state index < -0.39 is 18.5 Å². The summed E-state index contributed by atoms with van der Waals surface area (Å²) < 4.78 is 11.6. The summed E-state index contributed by atoms with van der Waals surface area (Å²) in [7, 11) is 0. The Morgan fingerprint density at radius 3 is 2.65 bits per heavy atom. The second-order valence-electron chi connectivity index (χ2n) is 7.66. The molecule has 0 bridgehead atoms. The Kier molecular flexibility index (Phi) is 5.65. The van der Waals surface area contributed by atoms with Gasteiger partial charge in [0.25, 0.3) is 5.91 Å². The van der Waals surface area contributed by atoms with Crippen LogP contribution in [0.5, 0.6) is 0 Å². The number of rotatable bonds is 5. The predicted octanol–water partition coefficient (Wildman–Crippen LogP) is 5.17. The standard InChI is InChI=1S/C26H18N2O5S/c1-15-6-11-19-23(12-15)34-25(28-19)16-7-9-17(10-8-16)27-24(30)14-32-26(31)22-13-20(29)18-4-2-3-5-21(18)33-22/h2-13H,14H2,1H3,(H,27,30). The molecule has 34 heavy (non-hydrogen) atoms. The van der Waals surface area contributed by atoms with Crippen LogP contribution in [0.1, 0.15) is 16.1 Å². The van der Waals surface area contributed by atoms with Gasteiger partial charge in [0.1, 0.15) is 10.6 Å². The van der Waals surface area contributed by atoms with E-state index in [1.54, 1.807) is 47.7 Å². The lowest BCUT2D eigenvalue weighted by Crippen LogP contribution is -2.21. The molecule has 1 N–H and O–H groups in total. The Morgan fingerprint density at radius 1 is 1.03 bits per heavy atom. The number of nitrogens with zero attached hydrogens (tertiary/aromatic N) is 1. The fourth-order valence-electron chi connectivity index (χ4n) is 3.46. The van der Waals surface area contributed by atoms with Gasteiger partial charge in [-0.3, -0.25) is 9.59 Å². The number of carbonyl (C=O) groups excluding carboxylic acids is 2. The van der Waals surface area contributed by atoms with Crippen LogP contribution < -0.4 is 10.7 Å². The summed E-state index contributed by atoms with van der Waals surface area (Å²) in [6.45, 7) is 1.53. The van der Waals surface area contributed by atoms with Gasteiger partial charge in [0.15, 0.2) is 12.0 Å². The van der Waals surface area contributed by atoms with E-state index in [4.69, 9.17) is 9.15 Å². The molecular weight excluding hydrogens is 452 g/mol. The van der Waals surface area contributed by atoms with Crippen LogP contribution >= 0.6 is 11.3 Å². The Morgan fingerprint density at radius 2 is 1.82 bits per heavy atom. The normalized spacial score (nSPS) is 11.0. The number of nitrogens with one attached hydrogen (secondary N) is 1. The summed E-state index contributed by atoms with van der Waals surface area (Å²) in [6, 6.07) is 21.0. The van der Waals surface area contributed by atoms with E-state index in [0.717, 1.165) is 26.9 Å². The molecule has 168 valence electrons. The van der Waals surface area contributed by atoms with Gasteiger partial charge in [-0.1, -0.05) is 18.2 Å². The van der Waals surface area contributed by atoms with E-state index in [9.17, 15) is 14.4 Å². The maximum atomic E-state index is 12.3.